The zero-order valence-electron chi connectivity index (χ0n) is 27.1. The predicted octanol–water partition coefficient (Wildman–Crippen LogP) is 5.80. The van der Waals surface area contributed by atoms with Crippen molar-refractivity contribution in [3.8, 4) is 11.1 Å². The van der Waals surface area contributed by atoms with Crippen molar-refractivity contribution in [2.45, 2.75) is 99.0 Å². The lowest BCUT2D eigenvalue weighted by Gasteiger charge is -2.32. The average molecular weight is 565 g/mol. The Morgan fingerprint density at radius 1 is 1.05 bits per heavy atom. The van der Waals surface area contributed by atoms with Crippen molar-refractivity contribution in [2.75, 3.05) is 25.6 Å². The fraction of sp³-hybridized carbons (Fsp3) is 0.545. The van der Waals surface area contributed by atoms with Crippen molar-refractivity contribution in [3.63, 3.8) is 0 Å². The molecule has 0 unspecified atom stereocenters. The molecule has 0 radical (unpaired) electrons. The number of hydrogen-bond donors (Lipinski definition) is 1. The average Bonchev–Trinajstić information content (AvgIpc) is 3.35. The number of ether oxygens (including phenoxy) is 1. The van der Waals surface area contributed by atoms with E-state index >= 15 is 0 Å². The van der Waals surface area contributed by atoms with E-state index in [0.29, 0.717) is 6.47 Å². The first kappa shape index (κ1) is 32.7. The maximum absolute atomic E-state index is 8.95. The van der Waals surface area contributed by atoms with Crippen molar-refractivity contribution >= 4 is 35.8 Å². The van der Waals surface area contributed by atoms with Crippen molar-refractivity contribution < 1.29 is 23.9 Å². The normalized spacial score (nSPS) is 17.0. The van der Waals surface area contributed by atoms with E-state index in [4.69, 9.17) is 19.2 Å². The van der Waals surface area contributed by atoms with Gasteiger partial charge in [-0.15, -0.1) is 0 Å². The minimum Gasteiger partial charge on any atom is -0.471 e. The third-order valence-electron chi connectivity index (χ3n) is 8.06. The van der Waals surface area contributed by atoms with Gasteiger partial charge in [-0.05, 0) is 97.1 Å². The second-order valence-electron chi connectivity index (χ2n) is 13.0. The summed E-state index contributed by atoms with van der Waals surface area (Å²) < 4.78 is 19.3. The van der Waals surface area contributed by atoms with Crippen LogP contribution in [0.4, 0.5) is 5.69 Å². The summed E-state index contributed by atoms with van der Waals surface area (Å²) in [5.41, 5.74) is 9.33. The van der Waals surface area contributed by atoms with Crippen LogP contribution in [-0.4, -0.2) is 60.8 Å². The zero-order chi connectivity index (χ0) is 30.9. The van der Waals surface area contributed by atoms with Gasteiger partial charge in [0.15, 0.2) is 0 Å². The summed E-state index contributed by atoms with van der Waals surface area (Å²) in [5.74, 6) is 0. The van der Waals surface area contributed by atoms with Crippen LogP contribution in [0.5, 0.6) is 0 Å². The molecule has 1 saturated heterocycles. The largest absolute Gasteiger partial charge is 0.512 e. The summed E-state index contributed by atoms with van der Waals surface area (Å²) in [4.78, 5) is 11.4. The molecule has 2 aromatic carbocycles. The molecule has 41 heavy (non-hydrogen) atoms. The quantitative estimate of drug-likeness (QED) is 0.319. The standard InChI is InChI=1S/C27H35BN2O2.C4H10O.C2H4O2/c1-9-20-18(3)24-25-21(23(20)19-12-10-17(2)11-13-19)16-22(30(25)15-14-29(24)8)28-31-26(4,5)27(6,7)32-28;1-4(2,3)5;1-4-2-3/h10-13,16H,9,14-15H2,1-8H3;5H,1-3H3;2H,1H3. The molecule has 2 aliphatic heterocycles. The molecular formula is C33H49BN2O5. The Hall–Kier alpha value is -2.81. The van der Waals surface area contributed by atoms with Gasteiger partial charge in [-0.1, -0.05) is 36.8 Å². The number of benzene rings is 2. The fourth-order valence-electron chi connectivity index (χ4n) is 5.41. The van der Waals surface area contributed by atoms with E-state index in [1.54, 1.807) is 20.8 Å². The molecular weight excluding hydrogens is 515 g/mol. The Morgan fingerprint density at radius 2 is 1.56 bits per heavy atom. The molecule has 2 aliphatic rings. The van der Waals surface area contributed by atoms with E-state index in [2.05, 4.69) is 100 Å². The van der Waals surface area contributed by atoms with Gasteiger partial charge in [0, 0.05) is 31.1 Å². The summed E-state index contributed by atoms with van der Waals surface area (Å²) in [7, 11) is 3.17. The number of hydrogen-bond acceptors (Lipinski definition) is 6. The zero-order valence-corrected chi connectivity index (χ0v) is 27.1. The molecule has 5 rings (SSSR count). The Balaban J connectivity index is 0.000000451. The molecule has 0 aliphatic carbocycles. The predicted molar refractivity (Wildman–Crippen MR) is 170 cm³/mol. The van der Waals surface area contributed by atoms with Crippen LogP contribution in [0.15, 0.2) is 30.3 Å². The van der Waals surface area contributed by atoms with Gasteiger partial charge < -0.3 is 28.6 Å². The number of rotatable bonds is 4. The lowest BCUT2D eigenvalue weighted by atomic mass is 9.83. The van der Waals surface area contributed by atoms with E-state index in [-0.39, 0.29) is 18.3 Å². The van der Waals surface area contributed by atoms with E-state index in [1.165, 1.54) is 51.5 Å². The monoisotopic (exact) mass is 564 g/mol. The van der Waals surface area contributed by atoms with Gasteiger partial charge in [0.25, 0.3) is 6.47 Å². The van der Waals surface area contributed by atoms with Crippen LogP contribution in [0.3, 0.4) is 0 Å². The lowest BCUT2D eigenvalue weighted by Crippen LogP contribution is -2.42. The highest BCUT2D eigenvalue weighted by molar-refractivity contribution is 6.62. The van der Waals surface area contributed by atoms with Gasteiger partial charge in [-0.3, -0.25) is 4.79 Å². The second-order valence-corrected chi connectivity index (χ2v) is 13.0. The maximum Gasteiger partial charge on any atom is 0.512 e. The fourth-order valence-corrected chi connectivity index (χ4v) is 5.41. The summed E-state index contributed by atoms with van der Waals surface area (Å²) in [6, 6.07) is 11.3. The Bertz CT molecular complexity index is 1350. The lowest BCUT2D eigenvalue weighted by molar-refractivity contribution is -0.126. The molecule has 224 valence electrons. The van der Waals surface area contributed by atoms with Gasteiger partial charge in [-0.25, -0.2) is 0 Å². The van der Waals surface area contributed by atoms with Crippen molar-refractivity contribution in [2.24, 2.45) is 0 Å². The molecule has 0 atom stereocenters. The number of aromatic nitrogens is 1. The number of methoxy groups -OCH3 is 1. The second kappa shape index (κ2) is 12.2. The Morgan fingerprint density at radius 3 is 2.02 bits per heavy atom. The molecule has 1 aromatic heterocycles. The number of aryl methyl sites for hydroxylation is 1. The first-order valence-corrected chi connectivity index (χ1v) is 14.5. The number of anilines is 1. The molecule has 0 amide bonds. The Kier molecular flexibility index (Phi) is 9.73. The van der Waals surface area contributed by atoms with Crippen LogP contribution in [-0.2, 0) is 31.8 Å². The van der Waals surface area contributed by atoms with Crippen LogP contribution in [0.1, 0.15) is 72.1 Å². The molecule has 0 bridgehead atoms. The maximum atomic E-state index is 8.95. The summed E-state index contributed by atoms with van der Waals surface area (Å²) in [5, 5.41) is 9.83. The minimum absolute atomic E-state index is 0.354. The molecule has 0 saturated carbocycles. The van der Waals surface area contributed by atoms with Crippen molar-refractivity contribution in [1.29, 1.82) is 0 Å². The first-order chi connectivity index (χ1) is 19.0. The summed E-state index contributed by atoms with van der Waals surface area (Å²) >= 11 is 0. The van der Waals surface area contributed by atoms with Gasteiger partial charge >= 0.3 is 7.12 Å². The number of likely N-dealkylation sites (N-methyl/N-ethyl adjacent to an activating group) is 1. The molecule has 8 heteroatoms. The van der Waals surface area contributed by atoms with Crippen LogP contribution in [0.2, 0.25) is 0 Å². The number of aliphatic hydroxyl groups is 1. The van der Waals surface area contributed by atoms with E-state index < -0.39 is 5.60 Å². The van der Waals surface area contributed by atoms with Gasteiger partial charge in [0.2, 0.25) is 0 Å². The molecule has 0 spiro atoms. The smallest absolute Gasteiger partial charge is 0.471 e. The molecule has 7 nitrogen and oxygen atoms in total. The number of carbonyl (C=O) groups is 1. The van der Waals surface area contributed by atoms with E-state index in [9.17, 15) is 0 Å². The molecule has 1 N–H and O–H groups in total. The highest BCUT2D eigenvalue weighted by atomic mass is 16.7. The van der Waals surface area contributed by atoms with Gasteiger partial charge in [0.1, 0.15) is 0 Å². The van der Waals surface area contributed by atoms with Crippen LogP contribution < -0.4 is 10.5 Å². The Labute approximate surface area is 246 Å². The van der Waals surface area contributed by atoms with Crippen molar-refractivity contribution in [3.05, 3.63) is 47.0 Å². The number of carbonyl (C=O) groups excluding carboxylic acids is 1. The SMILES string of the molecule is CC(C)(C)O.CCc1c(C)c2c3c(cc(B4OC(C)(C)C(C)(C)O4)n3CCN2C)c1-c1ccc(C)cc1.COC=O. The van der Waals surface area contributed by atoms with Gasteiger partial charge in [-0.2, -0.15) is 0 Å². The van der Waals surface area contributed by atoms with Crippen LogP contribution in [0, 0.1) is 13.8 Å². The third kappa shape index (κ3) is 6.82. The molecule has 3 aromatic rings. The molecule has 3 heterocycles. The topological polar surface area (TPSA) is 73.2 Å². The molecule has 1 fully saturated rings. The summed E-state index contributed by atoms with van der Waals surface area (Å²) in [6.45, 7) is 22.7. The minimum atomic E-state index is -0.500. The first-order valence-electron chi connectivity index (χ1n) is 14.5. The summed E-state index contributed by atoms with van der Waals surface area (Å²) in [6.07, 6.45) is 1.00. The number of nitrogens with zero attached hydrogens (tertiary/aromatic N) is 2. The highest BCUT2D eigenvalue weighted by Crippen LogP contribution is 2.44. The van der Waals surface area contributed by atoms with Crippen molar-refractivity contribution in [1.82, 2.24) is 4.57 Å². The van der Waals surface area contributed by atoms with Crippen LogP contribution in [0.25, 0.3) is 22.0 Å². The van der Waals surface area contributed by atoms with Gasteiger partial charge in [0.05, 0.1) is 35.1 Å². The van der Waals surface area contributed by atoms with E-state index in [1.807, 2.05) is 0 Å². The highest BCUT2D eigenvalue weighted by Gasteiger charge is 2.53. The third-order valence-corrected chi connectivity index (χ3v) is 8.06. The van der Waals surface area contributed by atoms with Crippen LogP contribution >= 0.6 is 0 Å². The van der Waals surface area contributed by atoms with E-state index in [0.717, 1.165) is 25.1 Å².